The van der Waals surface area contributed by atoms with Crippen LogP contribution in [0.2, 0.25) is 0 Å². The lowest BCUT2D eigenvalue weighted by atomic mass is 10.2. The molecule has 1 rings (SSSR count). The summed E-state index contributed by atoms with van der Waals surface area (Å²) in [6, 6.07) is 8.04. The average Bonchev–Trinajstić information content (AvgIpc) is 2.18. The molecular weight excluding hydrogens is 204 g/mol. The molecule has 2 N–H and O–H groups in total. The summed E-state index contributed by atoms with van der Waals surface area (Å²) in [5.74, 6) is 0. The summed E-state index contributed by atoms with van der Waals surface area (Å²) < 4.78 is 0. The number of para-hydroxylation sites is 1. The molecule has 0 radical (unpaired) electrons. The van der Waals surface area contributed by atoms with Gasteiger partial charge in [0.15, 0.2) is 5.11 Å². The molecule has 1 aromatic rings. The van der Waals surface area contributed by atoms with Crippen LogP contribution in [-0.4, -0.2) is 11.7 Å². The number of anilines is 1. The van der Waals surface area contributed by atoms with Gasteiger partial charge in [0.1, 0.15) is 0 Å². The van der Waals surface area contributed by atoms with Gasteiger partial charge in [-0.2, -0.15) is 0 Å². The van der Waals surface area contributed by atoms with Crippen molar-refractivity contribution in [3.8, 4) is 0 Å². The Morgan fingerprint density at radius 2 is 2.07 bits per heavy atom. The molecule has 0 saturated heterocycles. The topological polar surface area (TPSA) is 24.1 Å². The fourth-order valence-corrected chi connectivity index (χ4v) is 1.29. The third-order valence-corrected chi connectivity index (χ3v) is 2.19. The van der Waals surface area contributed by atoms with E-state index in [-0.39, 0.29) is 0 Å². The number of nitrogens with one attached hydrogen (secondary N) is 2. The van der Waals surface area contributed by atoms with Crippen molar-refractivity contribution < 1.29 is 0 Å². The summed E-state index contributed by atoms with van der Waals surface area (Å²) in [6.07, 6.45) is 0. The minimum atomic E-state index is 0.632. The third kappa shape index (κ3) is 4.13. The Bertz CT molecular complexity index is 372. The van der Waals surface area contributed by atoms with E-state index >= 15 is 0 Å². The zero-order valence-corrected chi connectivity index (χ0v) is 9.95. The van der Waals surface area contributed by atoms with Gasteiger partial charge in [-0.1, -0.05) is 30.4 Å². The van der Waals surface area contributed by atoms with Crippen molar-refractivity contribution in [2.45, 2.75) is 13.8 Å². The quantitative estimate of drug-likeness (QED) is 0.605. The van der Waals surface area contributed by atoms with Crippen LogP contribution in [-0.2, 0) is 0 Å². The molecule has 3 heteroatoms. The molecule has 0 amide bonds. The van der Waals surface area contributed by atoms with Gasteiger partial charge in [0.25, 0.3) is 0 Å². The van der Waals surface area contributed by atoms with Gasteiger partial charge < -0.3 is 10.6 Å². The predicted molar refractivity (Wildman–Crippen MR) is 70.2 cm³/mol. The second-order valence-corrected chi connectivity index (χ2v) is 3.99. The maximum absolute atomic E-state index is 5.15. The molecule has 0 aromatic heterocycles. The van der Waals surface area contributed by atoms with E-state index in [1.807, 2.05) is 38.1 Å². The van der Waals surface area contributed by atoms with E-state index in [2.05, 4.69) is 17.2 Å². The van der Waals surface area contributed by atoms with E-state index in [1.165, 1.54) is 5.56 Å². The molecule has 2 nitrogen and oxygen atoms in total. The van der Waals surface area contributed by atoms with Crippen LogP contribution in [0.1, 0.15) is 12.5 Å². The zero-order chi connectivity index (χ0) is 11.3. The first kappa shape index (κ1) is 11.7. The van der Waals surface area contributed by atoms with Crippen molar-refractivity contribution in [2.75, 3.05) is 11.9 Å². The van der Waals surface area contributed by atoms with Crippen LogP contribution in [0.4, 0.5) is 5.69 Å². The van der Waals surface area contributed by atoms with Crippen molar-refractivity contribution in [3.63, 3.8) is 0 Å². The van der Waals surface area contributed by atoms with E-state index in [4.69, 9.17) is 12.2 Å². The van der Waals surface area contributed by atoms with Crippen molar-refractivity contribution >= 4 is 23.0 Å². The molecule has 0 heterocycles. The maximum atomic E-state index is 5.15. The highest BCUT2D eigenvalue weighted by Crippen LogP contribution is 2.12. The summed E-state index contributed by atoms with van der Waals surface area (Å²) >= 11 is 5.15. The molecule has 0 bridgehead atoms. The first-order chi connectivity index (χ1) is 7.09. The van der Waals surface area contributed by atoms with Gasteiger partial charge >= 0.3 is 0 Å². The van der Waals surface area contributed by atoms with Gasteiger partial charge in [-0.3, -0.25) is 0 Å². The van der Waals surface area contributed by atoms with Gasteiger partial charge in [-0.15, -0.1) is 0 Å². The van der Waals surface area contributed by atoms with Crippen molar-refractivity contribution in [2.24, 2.45) is 0 Å². The summed E-state index contributed by atoms with van der Waals surface area (Å²) in [4.78, 5) is 0. The van der Waals surface area contributed by atoms with E-state index < -0.39 is 0 Å². The zero-order valence-electron chi connectivity index (χ0n) is 9.13. The average molecular weight is 220 g/mol. The van der Waals surface area contributed by atoms with E-state index in [0.717, 1.165) is 11.3 Å². The first-order valence-corrected chi connectivity index (χ1v) is 5.25. The summed E-state index contributed by atoms with van der Waals surface area (Å²) in [5, 5.41) is 6.86. The van der Waals surface area contributed by atoms with Gasteiger partial charge in [-0.25, -0.2) is 0 Å². The Hall–Kier alpha value is -1.35. The lowest BCUT2D eigenvalue weighted by Crippen LogP contribution is -2.29. The molecule has 0 spiro atoms. The fraction of sp³-hybridized carbons (Fsp3) is 0.250. The van der Waals surface area contributed by atoms with Crippen LogP contribution >= 0.6 is 12.2 Å². The SMILES string of the molecule is C=C(C)CNC(=S)Nc1ccccc1C. The second-order valence-electron chi connectivity index (χ2n) is 3.58. The number of hydrogen-bond acceptors (Lipinski definition) is 1. The van der Waals surface area contributed by atoms with Crippen LogP contribution < -0.4 is 10.6 Å². The van der Waals surface area contributed by atoms with Crippen LogP contribution in [0.3, 0.4) is 0 Å². The van der Waals surface area contributed by atoms with E-state index in [0.29, 0.717) is 11.7 Å². The molecule has 0 aliphatic carbocycles. The molecule has 0 aliphatic heterocycles. The maximum Gasteiger partial charge on any atom is 0.171 e. The van der Waals surface area contributed by atoms with E-state index in [9.17, 15) is 0 Å². The van der Waals surface area contributed by atoms with E-state index in [1.54, 1.807) is 0 Å². The van der Waals surface area contributed by atoms with Gasteiger partial charge in [0, 0.05) is 12.2 Å². The minimum absolute atomic E-state index is 0.632. The van der Waals surface area contributed by atoms with Gasteiger partial charge in [-0.05, 0) is 37.7 Å². The number of benzene rings is 1. The lowest BCUT2D eigenvalue weighted by Gasteiger charge is -2.11. The van der Waals surface area contributed by atoms with Crippen molar-refractivity contribution in [1.82, 2.24) is 5.32 Å². The van der Waals surface area contributed by atoms with Crippen LogP contribution in [0.5, 0.6) is 0 Å². The van der Waals surface area contributed by atoms with Crippen LogP contribution in [0.15, 0.2) is 36.4 Å². The first-order valence-electron chi connectivity index (χ1n) is 4.84. The van der Waals surface area contributed by atoms with Gasteiger partial charge in [0.2, 0.25) is 0 Å². The van der Waals surface area contributed by atoms with Crippen molar-refractivity contribution in [1.29, 1.82) is 0 Å². The Morgan fingerprint density at radius 1 is 1.40 bits per heavy atom. The largest absolute Gasteiger partial charge is 0.359 e. The molecule has 0 unspecified atom stereocenters. The Labute approximate surface area is 96.4 Å². The van der Waals surface area contributed by atoms with Crippen LogP contribution in [0, 0.1) is 6.92 Å². The summed E-state index contributed by atoms with van der Waals surface area (Å²) in [6.45, 7) is 8.51. The second kappa shape index (κ2) is 5.51. The van der Waals surface area contributed by atoms with Crippen LogP contribution in [0.25, 0.3) is 0 Å². The highest BCUT2D eigenvalue weighted by atomic mass is 32.1. The highest BCUT2D eigenvalue weighted by Gasteiger charge is 1.99. The molecule has 0 aliphatic rings. The normalized spacial score (nSPS) is 9.47. The molecule has 0 atom stereocenters. The highest BCUT2D eigenvalue weighted by molar-refractivity contribution is 7.80. The molecule has 15 heavy (non-hydrogen) atoms. The Kier molecular flexibility index (Phi) is 4.31. The number of aryl methyl sites for hydroxylation is 1. The summed E-state index contributed by atoms with van der Waals surface area (Å²) in [5.41, 5.74) is 3.28. The number of rotatable bonds is 3. The predicted octanol–water partition coefficient (Wildman–Crippen LogP) is 2.86. The molecule has 1 aromatic carbocycles. The molecule has 0 fully saturated rings. The lowest BCUT2D eigenvalue weighted by molar-refractivity contribution is 0.999. The van der Waals surface area contributed by atoms with Crippen molar-refractivity contribution in [3.05, 3.63) is 42.0 Å². The molecule has 80 valence electrons. The summed E-state index contributed by atoms with van der Waals surface area (Å²) in [7, 11) is 0. The number of hydrogen-bond donors (Lipinski definition) is 2. The number of thiocarbonyl (C=S) groups is 1. The van der Waals surface area contributed by atoms with Gasteiger partial charge in [0.05, 0.1) is 0 Å². The molecular formula is C12H16N2S. The molecule has 0 saturated carbocycles. The fourth-order valence-electron chi connectivity index (χ4n) is 1.11. The third-order valence-electron chi connectivity index (χ3n) is 1.94. The smallest absolute Gasteiger partial charge is 0.171 e. The monoisotopic (exact) mass is 220 g/mol. The Morgan fingerprint density at radius 3 is 2.67 bits per heavy atom. The minimum Gasteiger partial charge on any atom is -0.359 e. The Balaban J connectivity index is 2.52. The standard InChI is InChI=1S/C12H16N2S/c1-9(2)8-13-12(15)14-11-7-5-4-6-10(11)3/h4-7H,1,8H2,2-3H3,(H2,13,14,15).